The Morgan fingerprint density at radius 1 is 0.667 bits per heavy atom. The molecule has 8 N–H and O–H groups in total. The minimum Gasteiger partial charge on any atom is -0.388 e. The second-order valence-corrected chi connectivity index (χ2v) is 6.78. The van der Waals surface area contributed by atoms with Gasteiger partial charge in [-0.3, -0.25) is 0 Å². The molecule has 0 aromatic heterocycles. The Labute approximate surface area is 175 Å². The maximum atomic E-state index is 12.0. The molecular weight excluding hydrogens is 392 g/mol. The van der Waals surface area contributed by atoms with Gasteiger partial charge in [0, 0.05) is 0 Å². The average Bonchev–Trinajstić information content (AvgIpc) is 2.73. The summed E-state index contributed by atoms with van der Waals surface area (Å²) < 4.78 is 9.48. The Kier molecular flexibility index (Phi) is 11.5. The number of esters is 4. The lowest BCUT2D eigenvalue weighted by Crippen LogP contribution is -2.34. The molecule has 1 aromatic rings. The summed E-state index contributed by atoms with van der Waals surface area (Å²) in [5, 5.41) is 0. The van der Waals surface area contributed by atoms with Crippen molar-refractivity contribution in [2.45, 2.75) is 50.6 Å². The van der Waals surface area contributed by atoms with Crippen LogP contribution in [-0.2, 0) is 19.1 Å². The van der Waals surface area contributed by atoms with Crippen molar-refractivity contribution in [1.29, 1.82) is 0 Å². The van der Waals surface area contributed by atoms with Crippen molar-refractivity contribution in [3.8, 4) is 0 Å². The summed E-state index contributed by atoms with van der Waals surface area (Å²) in [7, 11) is 0. The van der Waals surface area contributed by atoms with Gasteiger partial charge in [0.15, 0.2) is 0 Å². The van der Waals surface area contributed by atoms with E-state index < -0.39 is 36.0 Å². The zero-order chi connectivity index (χ0) is 22.5. The van der Waals surface area contributed by atoms with Gasteiger partial charge < -0.3 is 32.4 Å². The lowest BCUT2D eigenvalue weighted by Gasteiger charge is -2.11. The van der Waals surface area contributed by atoms with E-state index >= 15 is 0 Å². The summed E-state index contributed by atoms with van der Waals surface area (Å²) in [6.07, 6.45) is 3.44. The minimum absolute atomic E-state index is 0.0406. The number of nitrogens with two attached hydrogens (primary N) is 4. The van der Waals surface area contributed by atoms with E-state index in [1.165, 1.54) is 24.3 Å². The van der Waals surface area contributed by atoms with Crippen molar-refractivity contribution in [2.24, 2.45) is 22.9 Å². The molecule has 1 rings (SSSR count). The van der Waals surface area contributed by atoms with Gasteiger partial charge in [0.2, 0.25) is 0 Å². The molecule has 0 spiro atoms. The molecule has 0 bridgehead atoms. The molecule has 10 heteroatoms. The molecule has 0 heterocycles. The lowest BCUT2D eigenvalue weighted by atomic mass is 10.1. The first kappa shape index (κ1) is 25.4. The quantitative estimate of drug-likeness (QED) is 0.202. The molecule has 30 heavy (non-hydrogen) atoms. The largest absolute Gasteiger partial charge is 0.388 e. The van der Waals surface area contributed by atoms with Gasteiger partial charge in [0.1, 0.15) is 12.1 Å². The molecule has 2 atom stereocenters. The molecule has 0 fully saturated rings. The molecule has 0 saturated carbocycles. The summed E-state index contributed by atoms with van der Waals surface area (Å²) in [4.78, 5) is 47.8. The molecule has 0 amide bonds. The van der Waals surface area contributed by atoms with E-state index in [0.717, 1.165) is 0 Å². The van der Waals surface area contributed by atoms with Crippen LogP contribution in [0, 0.1) is 0 Å². The Hall–Kier alpha value is -2.66. The van der Waals surface area contributed by atoms with Crippen molar-refractivity contribution < 1.29 is 28.7 Å². The standard InChI is InChI=1S/C20H30N4O6/c21-11-3-1-5-15(23)19(27)29-17(25)13-7-9-14(10-8-13)18(26)30-20(28)16(24)6-2-4-12-22/h7-10,15-16H,1-6,11-12,21-24H2/t15-,16-/m0/s1. The first-order chi connectivity index (χ1) is 14.3. The number of hydrogen-bond donors (Lipinski definition) is 4. The van der Waals surface area contributed by atoms with Gasteiger partial charge >= 0.3 is 23.9 Å². The molecule has 0 radical (unpaired) electrons. The molecular formula is C20H30N4O6. The molecule has 0 aliphatic rings. The fraction of sp³-hybridized carbons (Fsp3) is 0.500. The minimum atomic E-state index is -0.921. The predicted molar refractivity (Wildman–Crippen MR) is 109 cm³/mol. The van der Waals surface area contributed by atoms with Gasteiger partial charge in [-0.2, -0.15) is 0 Å². The third-order valence-electron chi connectivity index (χ3n) is 4.29. The summed E-state index contributed by atoms with van der Waals surface area (Å²) in [6.45, 7) is 0.975. The van der Waals surface area contributed by atoms with Crippen LogP contribution in [0.3, 0.4) is 0 Å². The SMILES string of the molecule is NCCCC[C@H](N)C(=O)OC(=O)c1ccc(C(=O)OC(=O)[C@@H](N)CCCCN)cc1. The van der Waals surface area contributed by atoms with Crippen LogP contribution < -0.4 is 22.9 Å². The van der Waals surface area contributed by atoms with E-state index in [0.29, 0.717) is 51.6 Å². The van der Waals surface area contributed by atoms with Crippen molar-refractivity contribution >= 4 is 23.9 Å². The summed E-state index contributed by atoms with van der Waals surface area (Å²) in [5.41, 5.74) is 22.2. The van der Waals surface area contributed by atoms with Crippen molar-refractivity contribution in [1.82, 2.24) is 0 Å². The third-order valence-corrected chi connectivity index (χ3v) is 4.29. The number of unbranched alkanes of at least 4 members (excludes halogenated alkanes) is 2. The number of benzene rings is 1. The second-order valence-electron chi connectivity index (χ2n) is 6.78. The van der Waals surface area contributed by atoms with Crippen LogP contribution in [0.5, 0.6) is 0 Å². The first-order valence-electron chi connectivity index (χ1n) is 9.83. The number of carbonyl (C=O) groups is 4. The highest BCUT2D eigenvalue weighted by atomic mass is 16.6. The van der Waals surface area contributed by atoms with Gasteiger partial charge in [-0.15, -0.1) is 0 Å². The van der Waals surface area contributed by atoms with E-state index in [-0.39, 0.29) is 11.1 Å². The Bertz CT molecular complexity index is 662. The molecule has 0 unspecified atom stereocenters. The Balaban J connectivity index is 2.57. The normalized spacial score (nSPS) is 12.7. The molecule has 166 valence electrons. The summed E-state index contributed by atoms with van der Waals surface area (Å²) in [6, 6.07) is 3.26. The smallest absolute Gasteiger partial charge is 0.345 e. The summed E-state index contributed by atoms with van der Waals surface area (Å²) in [5.74, 6) is -3.47. The number of carbonyl (C=O) groups excluding carboxylic acids is 4. The van der Waals surface area contributed by atoms with Gasteiger partial charge in [-0.05, 0) is 63.0 Å². The molecule has 0 aliphatic carbocycles. The van der Waals surface area contributed by atoms with Crippen LogP contribution in [0.1, 0.15) is 59.2 Å². The Morgan fingerprint density at radius 2 is 1.00 bits per heavy atom. The van der Waals surface area contributed by atoms with Crippen LogP contribution in [0.25, 0.3) is 0 Å². The van der Waals surface area contributed by atoms with Gasteiger partial charge in [-0.1, -0.05) is 12.8 Å². The zero-order valence-electron chi connectivity index (χ0n) is 16.9. The van der Waals surface area contributed by atoms with Crippen LogP contribution in [0.15, 0.2) is 24.3 Å². The van der Waals surface area contributed by atoms with Crippen molar-refractivity contribution in [2.75, 3.05) is 13.1 Å². The predicted octanol–water partition coefficient (Wildman–Crippen LogP) is -0.0340. The molecule has 0 aliphatic heterocycles. The van der Waals surface area contributed by atoms with Gasteiger partial charge in [-0.25, -0.2) is 19.2 Å². The average molecular weight is 422 g/mol. The number of ether oxygens (including phenoxy) is 2. The fourth-order valence-corrected chi connectivity index (χ4v) is 2.45. The Morgan fingerprint density at radius 3 is 1.30 bits per heavy atom. The lowest BCUT2D eigenvalue weighted by molar-refractivity contribution is -0.140. The van der Waals surface area contributed by atoms with Crippen LogP contribution >= 0.6 is 0 Å². The van der Waals surface area contributed by atoms with E-state index in [1.54, 1.807) is 0 Å². The van der Waals surface area contributed by atoms with Crippen LogP contribution in [-0.4, -0.2) is 49.1 Å². The van der Waals surface area contributed by atoms with E-state index in [9.17, 15) is 19.2 Å². The number of hydrogen-bond acceptors (Lipinski definition) is 10. The van der Waals surface area contributed by atoms with Crippen LogP contribution in [0.4, 0.5) is 0 Å². The van der Waals surface area contributed by atoms with E-state index in [2.05, 4.69) is 0 Å². The highest BCUT2D eigenvalue weighted by Crippen LogP contribution is 2.10. The highest BCUT2D eigenvalue weighted by Gasteiger charge is 2.22. The topological polar surface area (TPSA) is 191 Å². The molecule has 10 nitrogen and oxygen atoms in total. The molecule has 0 saturated heterocycles. The zero-order valence-corrected chi connectivity index (χ0v) is 16.9. The van der Waals surface area contributed by atoms with Crippen LogP contribution in [0.2, 0.25) is 0 Å². The summed E-state index contributed by atoms with van der Waals surface area (Å²) >= 11 is 0. The fourth-order valence-electron chi connectivity index (χ4n) is 2.45. The third kappa shape index (κ3) is 8.78. The van der Waals surface area contributed by atoms with Crippen molar-refractivity contribution in [3.63, 3.8) is 0 Å². The number of rotatable bonds is 12. The van der Waals surface area contributed by atoms with Gasteiger partial charge in [0.05, 0.1) is 11.1 Å². The maximum absolute atomic E-state index is 12.0. The molecule has 1 aromatic carbocycles. The van der Waals surface area contributed by atoms with E-state index in [1.807, 2.05) is 0 Å². The highest BCUT2D eigenvalue weighted by molar-refractivity contribution is 6.00. The van der Waals surface area contributed by atoms with Gasteiger partial charge in [0.25, 0.3) is 0 Å². The maximum Gasteiger partial charge on any atom is 0.345 e. The first-order valence-corrected chi connectivity index (χ1v) is 9.83. The second kappa shape index (κ2) is 13.5. The monoisotopic (exact) mass is 422 g/mol. The van der Waals surface area contributed by atoms with E-state index in [4.69, 9.17) is 32.4 Å². The van der Waals surface area contributed by atoms with Crippen molar-refractivity contribution in [3.05, 3.63) is 35.4 Å².